The standard InChI is InChI=1S/C6H5N3O4/c7-1-9-4(12)6(5(9)13)2(10)8-3(6)11/h1,7H2,(H,8,10,11). The number of nitrogens with two attached hydrogens (primary N) is 1. The van der Waals surface area contributed by atoms with Crippen LogP contribution in [-0.4, -0.2) is 35.2 Å². The van der Waals surface area contributed by atoms with E-state index in [4.69, 9.17) is 5.73 Å². The van der Waals surface area contributed by atoms with Crippen LogP contribution in [0.2, 0.25) is 0 Å². The fraction of sp³-hybridized carbons (Fsp3) is 0.333. The van der Waals surface area contributed by atoms with Crippen LogP contribution < -0.4 is 11.1 Å². The second-order valence-electron chi connectivity index (χ2n) is 2.75. The van der Waals surface area contributed by atoms with Gasteiger partial charge in [0.25, 0.3) is 29.0 Å². The Kier molecular flexibility index (Phi) is 1.17. The molecule has 2 heterocycles. The van der Waals surface area contributed by atoms with E-state index in [-0.39, 0.29) is 6.67 Å². The number of hydrogen-bond acceptors (Lipinski definition) is 5. The zero-order chi connectivity index (χ0) is 9.80. The number of imide groups is 2. The van der Waals surface area contributed by atoms with Gasteiger partial charge in [0, 0.05) is 0 Å². The minimum Gasteiger partial charge on any atom is -0.313 e. The zero-order valence-electron chi connectivity index (χ0n) is 6.36. The SMILES string of the molecule is NCN1C(=O)C2(C(=O)NC2=O)C1=O. The second kappa shape index (κ2) is 1.94. The van der Waals surface area contributed by atoms with E-state index in [2.05, 4.69) is 0 Å². The summed E-state index contributed by atoms with van der Waals surface area (Å²) in [6.07, 6.45) is 0. The first kappa shape index (κ1) is 7.87. The van der Waals surface area contributed by atoms with E-state index in [1.807, 2.05) is 5.32 Å². The Hall–Kier alpha value is -1.76. The molecule has 0 unspecified atom stereocenters. The second-order valence-corrected chi connectivity index (χ2v) is 2.75. The molecule has 0 saturated carbocycles. The monoisotopic (exact) mass is 183 g/mol. The van der Waals surface area contributed by atoms with Gasteiger partial charge in [0.2, 0.25) is 0 Å². The van der Waals surface area contributed by atoms with Crippen LogP contribution in [0.1, 0.15) is 0 Å². The van der Waals surface area contributed by atoms with Crippen molar-refractivity contribution >= 4 is 23.6 Å². The molecule has 0 radical (unpaired) electrons. The lowest BCUT2D eigenvalue weighted by Gasteiger charge is -2.47. The van der Waals surface area contributed by atoms with E-state index in [9.17, 15) is 19.2 Å². The number of carbonyl (C=O) groups is 4. The van der Waals surface area contributed by atoms with Crippen molar-refractivity contribution in [2.45, 2.75) is 0 Å². The lowest BCUT2D eigenvalue weighted by molar-refractivity contribution is -0.188. The Morgan fingerprint density at radius 1 is 1.15 bits per heavy atom. The van der Waals surface area contributed by atoms with E-state index in [1.54, 1.807) is 0 Å². The molecule has 2 fully saturated rings. The van der Waals surface area contributed by atoms with Crippen LogP contribution in [-0.2, 0) is 19.2 Å². The zero-order valence-corrected chi connectivity index (χ0v) is 6.36. The molecular formula is C6H5N3O4. The predicted molar refractivity (Wildman–Crippen MR) is 36.5 cm³/mol. The highest BCUT2D eigenvalue weighted by molar-refractivity contribution is 6.52. The average molecular weight is 183 g/mol. The molecule has 0 aliphatic carbocycles. The summed E-state index contributed by atoms with van der Waals surface area (Å²) < 4.78 is 0. The molecule has 7 nitrogen and oxygen atoms in total. The van der Waals surface area contributed by atoms with Crippen molar-refractivity contribution in [3.05, 3.63) is 0 Å². The fourth-order valence-corrected chi connectivity index (χ4v) is 1.42. The Bertz CT molecular complexity index is 329. The molecule has 2 aliphatic rings. The summed E-state index contributed by atoms with van der Waals surface area (Å²) in [5, 5.41) is 1.82. The van der Waals surface area contributed by atoms with E-state index < -0.39 is 29.0 Å². The van der Waals surface area contributed by atoms with E-state index in [0.717, 1.165) is 0 Å². The maximum Gasteiger partial charge on any atom is 0.284 e. The Morgan fingerprint density at radius 2 is 1.62 bits per heavy atom. The smallest absolute Gasteiger partial charge is 0.284 e. The molecule has 2 rings (SSSR count). The predicted octanol–water partition coefficient (Wildman–Crippen LogP) is -3.09. The van der Waals surface area contributed by atoms with Crippen LogP contribution in [0.15, 0.2) is 0 Å². The van der Waals surface area contributed by atoms with Crippen LogP contribution in [0.3, 0.4) is 0 Å². The fourth-order valence-electron chi connectivity index (χ4n) is 1.42. The molecule has 68 valence electrons. The lowest BCUT2D eigenvalue weighted by Crippen LogP contribution is -2.83. The van der Waals surface area contributed by atoms with Crippen molar-refractivity contribution in [2.75, 3.05) is 6.67 Å². The van der Waals surface area contributed by atoms with Gasteiger partial charge in [-0.05, 0) is 0 Å². The summed E-state index contributed by atoms with van der Waals surface area (Å²) in [6, 6.07) is 0. The van der Waals surface area contributed by atoms with E-state index in [1.165, 1.54) is 0 Å². The third-order valence-electron chi connectivity index (χ3n) is 2.22. The summed E-state index contributed by atoms with van der Waals surface area (Å²) in [5.74, 6) is -3.35. The first-order valence-electron chi connectivity index (χ1n) is 3.49. The lowest BCUT2D eigenvalue weighted by atomic mass is 9.71. The molecule has 3 N–H and O–H groups in total. The number of nitrogens with zero attached hydrogens (tertiary/aromatic N) is 1. The van der Waals surface area contributed by atoms with Gasteiger partial charge in [0.05, 0.1) is 6.67 Å². The van der Waals surface area contributed by atoms with Gasteiger partial charge in [-0.3, -0.25) is 29.4 Å². The minimum atomic E-state index is -2.07. The molecule has 0 aromatic rings. The van der Waals surface area contributed by atoms with Gasteiger partial charge in [0.15, 0.2) is 0 Å². The summed E-state index contributed by atoms with van der Waals surface area (Å²) >= 11 is 0. The van der Waals surface area contributed by atoms with Crippen LogP contribution in [0.25, 0.3) is 0 Å². The topological polar surface area (TPSA) is 110 Å². The average Bonchev–Trinajstić information content (AvgIpc) is 2.05. The number of amides is 4. The van der Waals surface area contributed by atoms with Crippen LogP contribution >= 0.6 is 0 Å². The van der Waals surface area contributed by atoms with Gasteiger partial charge in [-0.1, -0.05) is 0 Å². The van der Waals surface area contributed by atoms with Crippen LogP contribution in [0.5, 0.6) is 0 Å². The molecule has 1 spiro atoms. The van der Waals surface area contributed by atoms with Gasteiger partial charge in [-0.2, -0.15) is 0 Å². The van der Waals surface area contributed by atoms with Crippen molar-refractivity contribution in [3.8, 4) is 0 Å². The van der Waals surface area contributed by atoms with Crippen molar-refractivity contribution in [1.82, 2.24) is 10.2 Å². The van der Waals surface area contributed by atoms with E-state index >= 15 is 0 Å². The number of nitrogens with one attached hydrogen (secondary N) is 1. The molecule has 0 bridgehead atoms. The molecule has 0 atom stereocenters. The first-order chi connectivity index (χ1) is 6.06. The van der Waals surface area contributed by atoms with Crippen molar-refractivity contribution in [1.29, 1.82) is 0 Å². The largest absolute Gasteiger partial charge is 0.313 e. The Labute approximate surface area is 71.8 Å². The summed E-state index contributed by atoms with van der Waals surface area (Å²) in [5.41, 5.74) is 2.98. The molecule has 0 aromatic heterocycles. The highest BCUT2D eigenvalue weighted by atomic mass is 16.2. The number of hydrogen-bond donors (Lipinski definition) is 2. The highest BCUT2D eigenvalue weighted by Crippen LogP contribution is 2.38. The summed E-state index contributed by atoms with van der Waals surface area (Å²) in [6.45, 7) is -0.306. The quantitative estimate of drug-likeness (QED) is 0.331. The molecule has 2 saturated heterocycles. The van der Waals surface area contributed by atoms with Crippen molar-refractivity contribution in [2.24, 2.45) is 11.1 Å². The number of likely N-dealkylation sites (tertiary alicyclic amines) is 1. The maximum atomic E-state index is 11.2. The Morgan fingerprint density at radius 3 is 1.92 bits per heavy atom. The number of carbonyl (C=O) groups excluding carboxylic acids is 4. The molecule has 13 heavy (non-hydrogen) atoms. The van der Waals surface area contributed by atoms with Gasteiger partial charge in [-0.15, -0.1) is 0 Å². The normalized spacial score (nSPS) is 24.2. The molecule has 0 aromatic carbocycles. The van der Waals surface area contributed by atoms with Gasteiger partial charge >= 0.3 is 0 Å². The third-order valence-corrected chi connectivity index (χ3v) is 2.22. The third kappa shape index (κ3) is 0.529. The van der Waals surface area contributed by atoms with Crippen molar-refractivity contribution in [3.63, 3.8) is 0 Å². The molecular weight excluding hydrogens is 178 g/mol. The molecule has 7 heteroatoms. The number of rotatable bonds is 1. The van der Waals surface area contributed by atoms with Gasteiger partial charge in [-0.25, -0.2) is 0 Å². The van der Waals surface area contributed by atoms with Crippen LogP contribution in [0.4, 0.5) is 0 Å². The minimum absolute atomic E-state index is 0.306. The maximum absolute atomic E-state index is 11.2. The molecule has 4 amide bonds. The highest BCUT2D eigenvalue weighted by Gasteiger charge is 2.76. The Balaban J connectivity index is 2.38. The first-order valence-corrected chi connectivity index (χ1v) is 3.49. The summed E-state index contributed by atoms with van der Waals surface area (Å²) in [7, 11) is 0. The summed E-state index contributed by atoms with van der Waals surface area (Å²) in [4.78, 5) is 44.8. The van der Waals surface area contributed by atoms with Gasteiger partial charge < -0.3 is 5.73 Å². The van der Waals surface area contributed by atoms with E-state index in [0.29, 0.717) is 4.90 Å². The van der Waals surface area contributed by atoms with Gasteiger partial charge in [0.1, 0.15) is 0 Å². The number of β-lactam (4-membered cyclic amide) rings is 4. The van der Waals surface area contributed by atoms with Crippen molar-refractivity contribution < 1.29 is 19.2 Å². The molecule has 2 aliphatic heterocycles. The van der Waals surface area contributed by atoms with Crippen LogP contribution in [0, 0.1) is 5.41 Å².